The standard InChI is InChI=1S/C14H9FN2O3S/c15-9-2-1-3-10(8-9)19-12-5-4-11(20-12)13(18)17-14-16-6-7-21-14/h1-8H,(H,16,17,18). The normalized spacial score (nSPS) is 10.3. The van der Waals surface area contributed by atoms with Crippen LogP contribution in [0.5, 0.6) is 11.7 Å². The zero-order chi connectivity index (χ0) is 14.7. The molecule has 1 N–H and O–H groups in total. The van der Waals surface area contributed by atoms with Crippen LogP contribution in [-0.2, 0) is 0 Å². The molecule has 0 saturated carbocycles. The zero-order valence-corrected chi connectivity index (χ0v) is 11.4. The molecule has 0 bridgehead atoms. The summed E-state index contributed by atoms with van der Waals surface area (Å²) in [5.74, 6) is -0.377. The Morgan fingerprint density at radius 3 is 3.00 bits per heavy atom. The SMILES string of the molecule is O=C(Nc1nccs1)c1ccc(Oc2cccc(F)c2)o1. The van der Waals surface area contributed by atoms with Gasteiger partial charge in [-0.3, -0.25) is 10.1 Å². The fraction of sp³-hybridized carbons (Fsp3) is 0. The van der Waals surface area contributed by atoms with Crippen LogP contribution in [0.3, 0.4) is 0 Å². The Hall–Kier alpha value is -2.67. The van der Waals surface area contributed by atoms with Crippen molar-refractivity contribution in [3.63, 3.8) is 0 Å². The molecule has 0 unspecified atom stereocenters. The topological polar surface area (TPSA) is 64.4 Å². The number of nitrogens with zero attached hydrogens (tertiary/aromatic N) is 1. The molecule has 3 aromatic rings. The van der Waals surface area contributed by atoms with Crippen LogP contribution in [0.25, 0.3) is 0 Å². The number of halogens is 1. The highest BCUT2D eigenvalue weighted by molar-refractivity contribution is 7.13. The summed E-state index contributed by atoms with van der Waals surface area (Å²) in [5.41, 5.74) is 0. The second-order valence-corrected chi connectivity index (χ2v) is 4.86. The van der Waals surface area contributed by atoms with Crippen molar-refractivity contribution < 1.29 is 18.3 Å². The molecule has 3 rings (SSSR count). The second kappa shape index (κ2) is 5.76. The first kappa shape index (κ1) is 13.3. The van der Waals surface area contributed by atoms with Crippen molar-refractivity contribution in [3.8, 4) is 11.7 Å². The van der Waals surface area contributed by atoms with Crippen LogP contribution in [0.2, 0.25) is 0 Å². The number of carbonyl (C=O) groups excluding carboxylic acids is 1. The van der Waals surface area contributed by atoms with Crippen LogP contribution in [0.1, 0.15) is 10.6 Å². The average Bonchev–Trinajstić information content (AvgIpc) is 3.10. The summed E-state index contributed by atoms with van der Waals surface area (Å²) in [4.78, 5) is 15.8. The number of aromatic nitrogens is 1. The monoisotopic (exact) mass is 304 g/mol. The molecule has 1 amide bonds. The zero-order valence-electron chi connectivity index (χ0n) is 10.6. The van der Waals surface area contributed by atoms with Crippen LogP contribution in [0.4, 0.5) is 9.52 Å². The minimum atomic E-state index is -0.431. The lowest BCUT2D eigenvalue weighted by atomic mass is 10.3. The van der Waals surface area contributed by atoms with Crippen LogP contribution < -0.4 is 10.1 Å². The first-order valence-corrected chi connectivity index (χ1v) is 6.83. The van der Waals surface area contributed by atoms with E-state index in [2.05, 4.69) is 10.3 Å². The number of nitrogens with one attached hydrogen (secondary N) is 1. The average molecular weight is 304 g/mol. The summed E-state index contributed by atoms with van der Waals surface area (Å²) in [6.45, 7) is 0. The fourth-order valence-electron chi connectivity index (χ4n) is 1.59. The molecule has 7 heteroatoms. The number of amides is 1. The minimum Gasteiger partial charge on any atom is -0.426 e. The Morgan fingerprint density at radius 1 is 1.33 bits per heavy atom. The van der Waals surface area contributed by atoms with Gasteiger partial charge in [-0.1, -0.05) is 6.07 Å². The van der Waals surface area contributed by atoms with E-state index in [-0.39, 0.29) is 17.5 Å². The number of hydrogen-bond acceptors (Lipinski definition) is 5. The maximum Gasteiger partial charge on any atom is 0.293 e. The van der Waals surface area contributed by atoms with Crippen LogP contribution in [-0.4, -0.2) is 10.9 Å². The summed E-state index contributed by atoms with van der Waals surface area (Å²) in [6, 6.07) is 8.59. The van der Waals surface area contributed by atoms with Crippen molar-refractivity contribution in [3.05, 3.63) is 59.6 Å². The summed E-state index contributed by atoms with van der Waals surface area (Å²) >= 11 is 1.30. The third-order valence-corrected chi connectivity index (χ3v) is 3.16. The van der Waals surface area contributed by atoms with Crippen molar-refractivity contribution in [2.45, 2.75) is 0 Å². The van der Waals surface area contributed by atoms with E-state index in [1.165, 1.54) is 41.7 Å². The highest BCUT2D eigenvalue weighted by Crippen LogP contribution is 2.24. The number of anilines is 1. The molecular formula is C14H9FN2O3S. The van der Waals surface area contributed by atoms with E-state index in [0.717, 1.165) is 0 Å². The third kappa shape index (κ3) is 3.26. The lowest BCUT2D eigenvalue weighted by Crippen LogP contribution is -2.10. The van der Waals surface area contributed by atoms with E-state index in [9.17, 15) is 9.18 Å². The Morgan fingerprint density at radius 2 is 2.24 bits per heavy atom. The summed E-state index contributed by atoms with van der Waals surface area (Å²) in [6.07, 6.45) is 1.58. The van der Waals surface area contributed by atoms with Gasteiger partial charge in [-0.05, 0) is 18.2 Å². The van der Waals surface area contributed by atoms with E-state index in [4.69, 9.17) is 9.15 Å². The number of ether oxygens (including phenoxy) is 1. The highest BCUT2D eigenvalue weighted by atomic mass is 32.1. The Balaban J connectivity index is 1.70. The van der Waals surface area contributed by atoms with Gasteiger partial charge < -0.3 is 9.15 Å². The number of furan rings is 1. The van der Waals surface area contributed by atoms with Gasteiger partial charge >= 0.3 is 0 Å². The first-order valence-electron chi connectivity index (χ1n) is 5.95. The van der Waals surface area contributed by atoms with E-state index in [1.54, 1.807) is 17.6 Å². The summed E-state index contributed by atoms with van der Waals surface area (Å²) in [7, 11) is 0. The van der Waals surface area contributed by atoms with Crippen molar-refractivity contribution in [2.75, 3.05) is 5.32 Å². The van der Waals surface area contributed by atoms with E-state index in [1.807, 2.05) is 0 Å². The molecule has 21 heavy (non-hydrogen) atoms. The third-order valence-electron chi connectivity index (χ3n) is 2.47. The van der Waals surface area contributed by atoms with Crippen molar-refractivity contribution in [1.29, 1.82) is 0 Å². The van der Waals surface area contributed by atoms with Gasteiger partial charge in [0.1, 0.15) is 11.6 Å². The highest BCUT2D eigenvalue weighted by Gasteiger charge is 2.13. The molecule has 0 saturated heterocycles. The lowest BCUT2D eigenvalue weighted by molar-refractivity contribution is 0.0991. The molecule has 2 heterocycles. The second-order valence-electron chi connectivity index (χ2n) is 3.97. The molecule has 2 aromatic heterocycles. The number of hydrogen-bond donors (Lipinski definition) is 1. The Kier molecular flexibility index (Phi) is 3.65. The molecule has 1 aromatic carbocycles. The number of benzene rings is 1. The van der Waals surface area contributed by atoms with Crippen LogP contribution >= 0.6 is 11.3 Å². The molecule has 0 radical (unpaired) electrons. The largest absolute Gasteiger partial charge is 0.426 e. The quantitative estimate of drug-likeness (QED) is 0.793. The van der Waals surface area contributed by atoms with Gasteiger partial charge in [0.25, 0.3) is 11.9 Å². The summed E-state index contributed by atoms with van der Waals surface area (Å²) in [5, 5.41) is 4.81. The maximum atomic E-state index is 13.0. The lowest BCUT2D eigenvalue weighted by Gasteiger charge is -2.01. The molecule has 0 fully saturated rings. The van der Waals surface area contributed by atoms with Crippen molar-refractivity contribution >= 4 is 22.4 Å². The fourth-order valence-corrected chi connectivity index (χ4v) is 2.11. The predicted octanol–water partition coefficient (Wildman–Crippen LogP) is 3.92. The van der Waals surface area contributed by atoms with Crippen molar-refractivity contribution in [2.24, 2.45) is 0 Å². The molecule has 0 aliphatic rings. The van der Waals surface area contributed by atoms with Gasteiger partial charge in [0.2, 0.25) is 0 Å². The van der Waals surface area contributed by atoms with Gasteiger partial charge in [0.15, 0.2) is 10.9 Å². The first-order chi connectivity index (χ1) is 10.2. The molecule has 0 spiro atoms. The van der Waals surface area contributed by atoms with Gasteiger partial charge in [-0.15, -0.1) is 11.3 Å². The smallest absolute Gasteiger partial charge is 0.293 e. The van der Waals surface area contributed by atoms with Crippen LogP contribution in [0, 0.1) is 5.82 Å². The molecule has 106 valence electrons. The molecule has 0 atom stereocenters. The van der Waals surface area contributed by atoms with Gasteiger partial charge in [-0.2, -0.15) is 0 Å². The van der Waals surface area contributed by atoms with Crippen molar-refractivity contribution in [1.82, 2.24) is 4.98 Å². The molecular weight excluding hydrogens is 295 g/mol. The van der Waals surface area contributed by atoms with E-state index < -0.39 is 11.7 Å². The maximum absolute atomic E-state index is 13.0. The summed E-state index contributed by atoms with van der Waals surface area (Å²) < 4.78 is 23.6. The van der Waals surface area contributed by atoms with E-state index in [0.29, 0.717) is 5.13 Å². The Bertz CT molecular complexity index is 755. The Labute approximate surface area is 123 Å². The predicted molar refractivity (Wildman–Crippen MR) is 75.2 cm³/mol. The number of thiazole rings is 1. The number of rotatable bonds is 4. The number of carbonyl (C=O) groups is 1. The molecule has 5 nitrogen and oxygen atoms in total. The molecule has 0 aliphatic heterocycles. The van der Waals surface area contributed by atoms with Gasteiger partial charge in [0, 0.05) is 23.7 Å². The van der Waals surface area contributed by atoms with Gasteiger partial charge in [0.05, 0.1) is 0 Å². The minimum absolute atomic E-state index is 0.0802. The van der Waals surface area contributed by atoms with Gasteiger partial charge in [-0.25, -0.2) is 9.37 Å². The van der Waals surface area contributed by atoms with E-state index >= 15 is 0 Å². The molecule has 0 aliphatic carbocycles. The van der Waals surface area contributed by atoms with Crippen LogP contribution in [0.15, 0.2) is 52.4 Å².